The number of nitriles is 1. The first-order valence-corrected chi connectivity index (χ1v) is 13.6. The molecule has 1 unspecified atom stereocenters. The molecule has 6 nitrogen and oxygen atoms in total. The standard InChI is InChI=1S/C31H36F2N4O2/c1-21-28(30(38)39-3)29(23-11-12-26(32)27(33)19-23)37(22(2)36-21)18-8-7-17-35-25-13-15-31(20-34,16-14-25)24-9-5-4-6-10-24/h4-6,9-12,19,25,29,35H,7-8,13-18H2,1-3H3. The van der Waals surface area contributed by atoms with Gasteiger partial charge in [-0.25, -0.2) is 18.6 Å². The molecule has 206 valence electrons. The number of aliphatic imine (C=N–C) groups is 1. The van der Waals surface area contributed by atoms with E-state index in [0.717, 1.165) is 62.8 Å². The minimum Gasteiger partial charge on any atom is -0.466 e. The van der Waals surface area contributed by atoms with Crippen molar-refractivity contribution in [1.82, 2.24) is 10.2 Å². The predicted octanol–water partition coefficient (Wildman–Crippen LogP) is 5.96. The van der Waals surface area contributed by atoms with Crippen molar-refractivity contribution in [3.63, 3.8) is 0 Å². The first-order chi connectivity index (χ1) is 18.8. The van der Waals surface area contributed by atoms with E-state index >= 15 is 0 Å². The third kappa shape index (κ3) is 6.20. The summed E-state index contributed by atoms with van der Waals surface area (Å²) in [5, 5.41) is 13.6. The Morgan fingerprint density at radius 2 is 1.85 bits per heavy atom. The maximum atomic E-state index is 14.2. The van der Waals surface area contributed by atoms with Crippen LogP contribution in [-0.2, 0) is 14.9 Å². The number of unbranched alkanes of at least 4 members (excludes halogenated alkanes) is 1. The van der Waals surface area contributed by atoms with Gasteiger partial charge in [0.1, 0.15) is 5.84 Å². The number of ether oxygens (including phenoxy) is 1. The lowest BCUT2D eigenvalue weighted by atomic mass is 9.69. The number of amidine groups is 1. The van der Waals surface area contributed by atoms with E-state index in [1.165, 1.54) is 13.2 Å². The van der Waals surface area contributed by atoms with Crippen LogP contribution in [0.3, 0.4) is 0 Å². The summed E-state index contributed by atoms with van der Waals surface area (Å²) >= 11 is 0. The van der Waals surface area contributed by atoms with Gasteiger partial charge in [0, 0.05) is 12.6 Å². The maximum absolute atomic E-state index is 14.2. The maximum Gasteiger partial charge on any atom is 0.338 e. The molecule has 1 atom stereocenters. The number of allylic oxidation sites excluding steroid dienone is 1. The summed E-state index contributed by atoms with van der Waals surface area (Å²) in [6.45, 7) is 5.00. The van der Waals surface area contributed by atoms with Gasteiger partial charge in [0.25, 0.3) is 0 Å². The third-order valence-electron chi connectivity index (χ3n) is 8.02. The Labute approximate surface area is 229 Å². The van der Waals surface area contributed by atoms with E-state index in [1.807, 2.05) is 30.0 Å². The molecule has 1 aliphatic carbocycles. The molecule has 2 aromatic rings. The molecule has 0 saturated heterocycles. The molecular formula is C31H36F2N4O2. The van der Waals surface area contributed by atoms with E-state index in [4.69, 9.17) is 4.74 Å². The zero-order chi connectivity index (χ0) is 28.0. The van der Waals surface area contributed by atoms with Gasteiger partial charge in [-0.05, 0) is 82.2 Å². The van der Waals surface area contributed by atoms with Crippen molar-refractivity contribution >= 4 is 11.8 Å². The normalized spacial score (nSPS) is 23.3. The molecule has 1 aliphatic heterocycles. The highest BCUT2D eigenvalue weighted by molar-refractivity contribution is 5.95. The highest BCUT2D eigenvalue weighted by atomic mass is 19.2. The van der Waals surface area contributed by atoms with Crippen molar-refractivity contribution in [2.75, 3.05) is 20.2 Å². The average molecular weight is 535 g/mol. The van der Waals surface area contributed by atoms with Crippen LogP contribution in [0.15, 0.2) is 64.8 Å². The first-order valence-electron chi connectivity index (χ1n) is 13.6. The molecule has 1 heterocycles. The molecule has 0 amide bonds. The molecule has 8 heteroatoms. The Hall–Kier alpha value is -3.57. The Morgan fingerprint density at radius 1 is 1.13 bits per heavy atom. The zero-order valence-electron chi connectivity index (χ0n) is 22.8. The quantitative estimate of drug-likeness (QED) is 0.317. The number of esters is 1. The van der Waals surface area contributed by atoms with Gasteiger partial charge in [-0.3, -0.25) is 0 Å². The summed E-state index contributed by atoms with van der Waals surface area (Å²) < 4.78 is 32.9. The molecule has 0 bridgehead atoms. The van der Waals surface area contributed by atoms with Crippen molar-refractivity contribution in [2.45, 2.75) is 69.9 Å². The van der Waals surface area contributed by atoms with Gasteiger partial charge in [-0.2, -0.15) is 5.26 Å². The minimum atomic E-state index is -0.959. The summed E-state index contributed by atoms with van der Waals surface area (Å²) in [4.78, 5) is 19.2. The third-order valence-corrected chi connectivity index (χ3v) is 8.02. The van der Waals surface area contributed by atoms with Crippen LogP contribution < -0.4 is 5.32 Å². The Morgan fingerprint density at radius 3 is 2.49 bits per heavy atom. The van der Waals surface area contributed by atoms with Crippen molar-refractivity contribution in [1.29, 1.82) is 5.26 Å². The predicted molar refractivity (Wildman–Crippen MR) is 147 cm³/mol. The van der Waals surface area contributed by atoms with Gasteiger partial charge in [0.2, 0.25) is 0 Å². The second-order valence-corrected chi connectivity index (χ2v) is 10.4. The molecule has 2 aromatic carbocycles. The fourth-order valence-electron chi connectivity index (χ4n) is 5.85. The molecule has 0 aromatic heterocycles. The molecule has 1 saturated carbocycles. The highest BCUT2D eigenvalue weighted by Crippen LogP contribution is 2.39. The molecule has 0 spiro atoms. The van der Waals surface area contributed by atoms with E-state index in [0.29, 0.717) is 35.3 Å². The van der Waals surface area contributed by atoms with Crippen LogP contribution in [0.25, 0.3) is 0 Å². The summed E-state index contributed by atoms with van der Waals surface area (Å²) in [6, 6.07) is 16.2. The summed E-state index contributed by atoms with van der Waals surface area (Å²) in [6.07, 6.45) is 5.28. The van der Waals surface area contributed by atoms with Crippen LogP contribution in [0.1, 0.15) is 69.5 Å². The smallest absolute Gasteiger partial charge is 0.338 e. The van der Waals surface area contributed by atoms with Crippen LogP contribution in [0.5, 0.6) is 0 Å². The lowest BCUT2D eigenvalue weighted by Crippen LogP contribution is -2.41. The second-order valence-electron chi connectivity index (χ2n) is 10.4. The topological polar surface area (TPSA) is 77.7 Å². The van der Waals surface area contributed by atoms with Gasteiger partial charge in [-0.15, -0.1) is 0 Å². The van der Waals surface area contributed by atoms with Gasteiger partial charge in [0.05, 0.1) is 35.9 Å². The summed E-state index contributed by atoms with van der Waals surface area (Å²) in [5.74, 6) is -1.72. The molecule has 4 rings (SSSR count). The monoisotopic (exact) mass is 534 g/mol. The van der Waals surface area contributed by atoms with E-state index in [2.05, 4.69) is 28.5 Å². The van der Waals surface area contributed by atoms with Crippen LogP contribution in [0.4, 0.5) is 8.78 Å². The summed E-state index contributed by atoms with van der Waals surface area (Å²) in [7, 11) is 1.30. The van der Waals surface area contributed by atoms with Gasteiger partial charge < -0.3 is 15.0 Å². The summed E-state index contributed by atoms with van der Waals surface area (Å²) in [5.41, 5.74) is 2.02. The number of benzene rings is 2. The fourth-order valence-corrected chi connectivity index (χ4v) is 5.85. The van der Waals surface area contributed by atoms with Gasteiger partial charge in [0.15, 0.2) is 11.6 Å². The number of hydrogen-bond donors (Lipinski definition) is 1. The number of nitrogens with zero attached hydrogens (tertiary/aromatic N) is 3. The van der Waals surface area contributed by atoms with Gasteiger partial charge >= 0.3 is 5.97 Å². The van der Waals surface area contributed by atoms with Gasteiger partial charge in [-0.1, -0.05) is 36.4 Å². The SMILES string of the molecule is COC(=O)C1=C(C)N=C(C)N(CCCCNC2CCC(C#N)(c3ccccc3)CC2)C1c1ccc(F)c(F)c1. The minimum absolute atomic E-state index is 0.328. The van der Waals surface area contributed by atoms with Crippen LogP contribution in [0, 0.1) is 23.0 Å². The Kier molecular flexibility index (Phi) is 9.13. The zero-order valence-corrected chi connectivity index (χ0v) is 22.8. The lowest BCUT2D eigenvalue weighted by molar-refractivity contribution is -0.136. The number of methoxy groups -OCH3 is 1. The fraction of sp³-hybridized carbons (Fsp3) is 0.452. The highest BCUT2D eigenvalue weighted by Gasteiger charge is 2.37. The van der Waals surface area contributed by atoms with E-state index in [1.54, 1.807) is 6.92 Å². The van der Waals surface area contributed by atoms with Crippen molar-refractivity contribution in [3.05, 3.63) is 82.6 Å². The number of carbonyl (C=O) groups is 1. The number of nitrogens with one attached hydrogen (secondary N) is 1. The van der Waals surface area contributed by atoms with Crippen molar-refractivity contribution in [3.8, 4) is 6.07 Å². The van der Waals surface area contributed by atoms with E-state index < -0.39 is 29.1 Å². The largest absolute Gasteiger partial charge is 0.466 e. The lowest BCUT2D eigenvalue weighted by Gasteiger charge is -2.38. The van der Waals surface area contributed by atoms with E-state index in [-0.39, 0.29) is 0 Å². The van der Waals surface area contributed by atoms with Crippen LogP contribution in [0.2, 0.25) is 0 Å². The Balaban J connectivity index is 1.35. The van der Waals surface area contributed by atoms with E-state index in [9.17, 15) is 18.8 Å². The number of rotatable bonds is 9. The molecule has 1 fully saturated rings. The average Bonchev–Trinajstić information content (AvgIpc) is 2.95. The van der Waals surface area contributed by atoms with Crippen molar-refractivity contribution in [2.24, 2.45) is 4.99 Å². The van der Waals surface area contributed by atoms with Crippen molar-refractivity contribution < 1.29 is 18.3 Å². The second kappa shape index (κ2) is 12.5. The molecule has 2 aliphatic rings. The Bertz CT molecular complexity index is 1280. The first kappa shape index (κ1) is 28.4. The molecular weight excluding hydrogens is 498 g/mol. The van der Waals surface area contributed by atoms with Crippen LogP contribution >= 0.6 is 0 Å². The molecule has 0 radical (unpaired) electrons. The number of carbonyl (C=O) groups excluding carboxylic acids is 1. The molecule has 39 heavy (non-hydrogen) atoms. The number of halogens is 2. The molecule has 1 N–H and O–H groups in total. The number of hydrogen-bond acceptors (Lipinski definition) is 6. The van der Waals surface area contributed by atoms with Crippen LogP contribution in [-0.4, -0.2) is 42.9 Å².